The highest BCUT2D eigenvalue weighted by atomic mass is 35.5. The predicted molar refractivity (Wildman–Crippen MR) is 118 cm³/mol. The Labute approximate surface area is 186 Å². The van der Waals surface area contributed by atoms with Crippen LogP contribution in [0.1, 0.15) is 31.2 Å². The number of nitrogens with one attached hydrogen (secondary N) is 1. The van der Waals surface area contributed by atoms with Gasteiger partial charge < -0.3 is 5.32 Å². The van der Waals surface area contributed by atoms with Crippen molar-refractivity contribution >= 4 is 38.6 Å². The monoisotopic (exact) mass is 461 g/mol. The second-order valence-corrected chi connectivity index (χ2v) is 9.89. The van der Waals surface area contributed by atoms with Gasteiger partial charge in [0.1, 0.15) is 5.52 Å². The van der Waals surface area contributed by atoms with Crippen molar-refractivity contribution in [3.63, 3.8) is 0 Å². The molecule has 0 saturated carbocycles. The lowest BCUT2D eigenvalue weighted by Crippen LogP contribution is -2.35. The molecule has 1 fully saturated rings. The zero-order valence-electron chi connectivity index (χ0n) is 17.0. The normalized spacial score (nSPS) is 15.3. The third-order valence-electron chi connectivity index (χ3n) is 5.42. The number of carbonyl (C=O) groups excluding carboxylic acids is 1. The van der Waals surface area contributed by atoms with Crippen LogP contribution in [0.15, 0.2) is 47.4 Å². The minimum absolute atomic E-state index is 0.132. The lowest BCUT2D eigenvalue weighted by Gasteiger charge is -2.25. The summed E-state index contributed by atoms with van der Waals surface area (Å²) < 4.78 is 28.9. The molecule has 1 amide bonds. The second-order valence-electron chi connectivity index (χ2n) is 7.55. The molecule has 4 rings (SSSR count). The van der Waals surface area contributed by atoms with Gasteiger partial charge in [-0.15, -0.1) is 5.10 Å². The van der Waals surface area contributed by atoms with E-state index < -0.39 is 10.0 Å². The van der Waals surface area contributed by atoms with E-state index in [0.29, 0.717) is 42.2 Å². The van der Waals surface area contributed by atoms with Crippen molar-refractivity contribution in [1.82, 2.24) is 24.6 Å². The van der Waals surface area contributed by atoms with Gasteiger partial charge in [-0.1, -0.05) is 41.4 Å². The van der Waals surface area contributed by atoms with Gasteiger partial charge in [-0.05, 0) is 42.7 Å². The Hall–Kier alpha value is -2.49. The number of fused-ring (bicyclic) bond motifs is 1. The number of aryl methyl sites for hydroxylation is 1. The van der Waals surface area contributed by atoms with Gasteiger partial charge in [-0.2, -0.15) is 4.31 Å². The molecule has 1 aromatic heterocycles. The molecule has 3 aromatic rings. The summed E-state index contributed by atoms with van der Waals surface area (Å²) in [5, 5.41) is 11.7. The molecular weight excluding hydrogens is 438 g/mol. The molecule has 1 saturated heterocycles. The Bertz CT molecular complexity index is 1190. The number of sulfonamides is 1. The van der Waals surface area contributed by atoms with Crippen LogP contribution in [-0.2, 0) is 27.9 Å². The maximum atomic E-state index is 12.9. The highest BCUT2D eigenvalue weighted by Gasteiger charge is 2.26. The molecule has 1 aliphatic heterocycles. The SMILES string of the molecule is O=C(CCn1nnc2cc(S(=O)(=O)N3CCCCC3)ccc21)NCc1ccccc1Cl. The average molecular weight is 462 g/mol. The predicted octanol–water partition coefficient (Wildman–Crippen LogP) is 2.97. The number of rotatable bonds is 7. The van der Waals surface area contributed by atoms with Crippen LogP contribution < -0.4 is 5.32 Å². The maximum absolute atomic E-state index is 12.9. The van der Waals surface area contributed by atoms with Crippen molar-refractivity contribution in [3.8, 4) is 0 Å². The van der Waals surface area contributed by atoms with E-state index in [9.17, 15) is 13.2 Å². The van der Waals surface area contributed by atoms with E-state index in [-0.39, 0.29) is 17.2 Å². The summed E-state index contributed by atoms with van der Waals surface area (Å²) in [6.45, 7) is 1.80. The van der Waals surface area contributed by atoms with E-state index in [1.807, 2.05) is 18.2 Å². The topological polar surface area (TPSA) is 97.2 Å². The van der Waals surface area contributed by atoms with Gasteiger partial charge in [0.25, 0.3) is 0 Å². The summed E-state index contributed by atoms with van der Waals surface area (Å²) in [6, 6.07) is 12.2. The third kappa shape index (κ3) is 4.89. The lowest BCUT2D eigenvalue weighted by atomic mass is 10.2. The summed E-state index contributed by atoms with van der Waals surface area (Å²) in [5.41, 5.74) is 2.04. The van der Waals surface area contributed by atoms with Crippen molar-refractivity contribution in [2.24, 2.45) is 0 Å². The zero-order valence-corrected chi connectivity index (χ0v) is 18.6. The van der Waals surface area contributed by atoms with Gasteiger partial charge in [-0.25, -0.2) is 13.1 Å². The first-order valence-electron chi connectivity index (χ1n) is 10.3. The number of amides is 1. The van der Waals surface area contributed by atoms with Gasteiger partial charge in [0.15, 0.2) is 0 Å². The number of carbonyl (C=O) groups is 1. The van der Waals surface area contributed by atoms with Crippen LogP contribution in [-0.4, -0.2) is 46.7 Å². The first-order valence-corrected chi connectivity index (χ1v) is 12.1. The standard InChI is InChI=1S/C21H24ClN5O3S/c22-18-7-3-2-6-16(18)15-23-21(28)10-13-27-20-9-8-17(14-19(20)24-25-27)31(29,30)26-11-4-1-5-12-26/h2-3,6-9,14H,1,4-5,10-13,15H2,(H,23,28). The molecule has 1 N–H and O–H groups in total. The molecular formula is C21H24ClN5O3S. The van der Waals surface area contributed by atoms with E-state index >= 15 is 0 Å². The fourth-order valence-electron chi connectivity index (χ4n) is 3.66. The highest BCUT2D eigenvalue weighted by Crippen LogP contribution is 2.23. The number of hydrogen-bond donors (Lipinski definition) is 1. The molecule has 0 atom stereocenters. The summed E-state index contributed by atoms with van der Waals surface area (Å²) in [5.74, 6) is -0.132. The van der Waals surface area contributed by atoms with Crippen molar-refractivity contribution in [3.05, 3.63) is 53.1 Å². The molecule has 10 heteroatoms. The molecule has 0 spiro atoms. The molecule has 31 heavy (non-hydrogen) atoms. The zero-order chi connectivity index (χ0) is 21.8. The Morgan fingerprint density at radius 1 is 1.10 bits per heavy atom. The Kier molecular flexibility index (Phi) is 6.54. The minimum atomic E-state index is -3.53. The molecule has 2 heterocycles. The Morgan fingerprint density at radius 3 is 2.65 bits per heavy atom. The fourth-order valence-corrected chi connectivity index (χ4v) is 5.40. The Balaban J connectivity index is 1.40. The van der Waals surface area contributed by atoms with Crippen LogP contribution in [0.25, 0.3) is 11.0 Å². The van der Waals surface area contributed by atoms with E-state index in [1.165, 1.54) is 4.31 Å². The van der Waals surface area contributed by atoms with Crippen LogP contribution >= 0.6 is 11.6 Å². The smallest absolute Gasteiger partial charge is 0.243 e. The first-order chi connectivity index (χ1) is 14.9. The molecule has 0 aliphatic carbocycles. The van der Waals surface area contributed by atoms with Gasteiger partial charge in [0, 0.05) is 31.1 Å². The quantitative estimate of drug-likeness (QED) is 0.583. The van der Waals surface area contributed by atoms with Crippen molar-refractivity contribution in [2.75, 3.05) is 13.1 Å². The highest BCUT2D eigenvalue weighted by molar-refractivity contribution is 7.89. The fraction of sp³-hybridized carbons (Fsp3) is 0.381. The van der Waals surface area contributed by atoms with Crippen LogP contribution in [0.2, 0.25) is 5.02 Å². The summed E-state index contributed by atoms with van der Waals surface area (Å²) >= 11 is 6.11. The maximum Gasteiger partial charge on any atom is 0.243 e. The van der Waals surface area contributed by atoms with Crippen molar-refractivity contribution < 1.29 is 13.2 Å². The number of piperidine rings is 1. The first kappa shape index (κ1) is 21.7. The number of benzene rings is 2. The lowest BCUT2D eigenvalue weighted by molar-refractivity contribution is -0.121. The summed E-state index contributed by atoms with van der Waals surface area (Å²) in [6.07, 6.45) is 3.05. The molecule has 0 bridgehead atoms. The van der Waals surface area contributed by atoms with Crippen LogP contribution in [0.3, 0.4) is 0 Å². The molecule has 0 unspecified atom stereocenters. The van der Waals surface area contributed by atoms with Gasteiger partial charge in [0.05, 0.1) is 17.0 Å². The van der Waals surface area contributed by atoms with Crippen molar-refractivity contribution in [1.29, 1.82) is 0 Å². The van der Waals surface area contributed by atoms with Crippen LogP contribution in [0, 0.1) is 0 Å². The molecule has 0 radical (unpaired) electrons. The molecule has 1 aliphatic rings. The molecule has 2 aromatic carbocycles. The van der Waals surface area contributed by atoms with Gasteiger partial charge in [0.2, 0.25) is 15.9 Å². The minimum Gasteiger partial charge on any atom is -0.352 e. The van der Waals surface area contributed by atoms with E-state index in [0.717, 1.165) is 24.8 Å². The summed E-state index contributed by atoms with van der Waals surface area (Å²) in [4.78, 5) is 12.4. The largest absolute Gasteiger partial charge is 0.352 e. The van der Waals surface area contributed by atoms with Crippen molar-refractivity contribution in [2.45, 2.75) is 43.7 Å². The third-order valence-corrected chi connectivity index (χ3v) is 7.69. The number of nitrogens with zero attached hydrogens (tertiary/aromatic N) is 4. The number of hydrogen-bond acceptors (Lipinski definition) is 5. The molecule has 8 nitrogen and oxygen atoms in total. The van der Waals surface area contributed by atoms with Gasteiger partial charge >= 0.3 is 0 Å². The second kappa shape index (κ2) is 9.33. The molecule has 164 valence electrons. The number of halogens is 1. The van der Waals surface area contributed by atoms with Gasteiger partial charge in [-0.3, -0.25) is 4.79 Å². The average Bonchev–Trinajstić information content (AvgIpc) is 3.20. The van der Waals surface area contributed by atoms with E-state index in [2.05, 4.69) is 15.6 Å². The van der Waals surface area contributed by atoms with Crippen LogP contribution in [0.4, 0.5) is 0 Å². The number of aromatic nitrogens is 3. The van der Waals surface area contributed by atoms with Crippen LogP contribution in [0.5, 0.6) is 0 Å². The Morgan fingerprint density at radius 2 is 1.87 bits per heavy atom. The van der Waals surface area contributed by atoms with E-state index in [4.69, 9.17) is 11.6 Å². The summed E-state index contributed by atoms with van der Waals surface area (Å²) in [7, 11) is -3.53. The van der Waals surface area contributed by atoms with E-state index in [1.54, 1.807) is 28.9 Å².